The molecule has 0 radical (unpaired) electrons. The fourth-order valence-corrected chi connectivity index (χ4v) is 1.74. The number of ether oxygens (including phenoxy) is 1. The Hall–Kier alpha value is -2.64. The first-order valence-electron chi connectivity index (χ1n) is 6.83. The number of carbonyl (C=O) groups is 2. The minimum atomic E-state index is -1.10. The van der Waals surface area contributed by atoms with Crippen LogP contribution in [-0.4, -0.2) is 34.6 Å². The van der Waals surface area contributed by atoms with Crippen LogP contribution in [0.4, 0.5) is 5.69 Å². The topological polar surface area (TPSA) is 119 Å². The maximum atomic E-state index is 11.7. The SMILES string of the molecule is CCCC[C@H](NC(=O)COc1cccc([N+](=O)[O-])c1)C(=O)O. The Balaban J connectivity index is 2.52. The summed E-state index contributed by atoms with van der Waals surface area (Å²) in [6, 6.07) is 4.46. The molecular weight excluding hydrogens is 292 g/mol. The van der Waals surface area contributed by atoms with Crippen LogP contribution >= 0.6 is 0 Å². The Kier molecular flexibility index (Phi) is 6.81. The molecule has 0 aromatic heterocycles. The van der Waals surface area contributed by atoms with Gasteiger partial charge >= 0.3 is 5.97 Å². The van der Waals surface area contributed by atoms with Crippen molar-refractivity contribution in [3.63, 3.8) is 0 Å². The second kappa shape index (κ2) is 8.60. The molecule has 1 amide bonds. The molecule has 1 atom stereocenters. The highest BCUT2D eigenvalue weighted by Gasteiger charge is 2.19. The number of aliphatic carboxylic acids is 1. The van der Waals surface area contributed by atoms with E-state index >= 15 is 0 Å². The van der Waals surface area contributed by atoms with E-state index in [1.165, 1.54) is 24.3 Å². The highest BCUT2D eigenvalue weighted by atomic mass is 16.6. The smallest absolute Gasteiger partial charge is 0.326 e. The summed E-state index contributed by atoms with van der Waals surface area (Å²) in [5.41, 5.74) is -0.149. The second-order valence-electron chi connectivity index (χ2n) is 4.64. The Morgan fingerprint density at radius 2 is 2.18 bits per heavy atom. The van der Waals surface area contributed by atoms with Crippen LogP contribution in [0, 0.1) is 10.1 Å². The predicted molar refractivity (Wildman–Crippen MR) is 77.7 cm³/mol. The van der Waals surface area contributed by atoms with E-state index in [0.717, 1.165) is 6.42 Å². The van der Waals surface area contributed by atoms with Gasteiger partial charge in [0.2, 0.25) is 0 Å². The highest BCUT2D eigenvalue weighted by molar-refractivity contribution is 5.84. The third-order valence-electron chi connectivity index (χ3n) is 2.88. The van der Waals surface area contributed by atoms with E-state index in [0.29, 0.717) is 12.8 Å². The molecular formula is C14H18N2O6. The monoisotopic (exact) mass is 310 g/mol. The molecule has 120 valence electrons. The molecule has 0 aliphatic rings. The summed E-state index contributed by atoms with van der Waals surface area (Å²) in [6.07, 6.45) is 1.85. The summed E-state index contributed by atoms with van der Waals surface area (Å²) >= 11 is 0. The molecule has 2 N–H and O–H groups in total. The van der Waals surface area contributed by atoms with Crippen LogP contribution in [0.3, 0.4) is 0 Å². The average Bonchev–Trinajstić information content (AvgIpc) is 2.49. The number of benzene rings is 1. The van der Waals surface area contributed by atoms with Crippen molar-refractivity contribution in [3.8, 4) is 5.75 Å². The summed E-state index contributed by atoms with van der Waals surface area (Å²) < 4.78 is 5.13. The molecule has 1 aromatic carbocycles. The number of rotatable bonds is 9. The predicted octanol–water partition coefficient (Wildman–Crippen LogP) is 1.73. The number of nitrogens with one attached hydrogen (secondary N) is 1. The van der Waals surface area contributed by atoms with Crippen LogP contribution in [0.5, 0.6) is 5.75 Å². The largest absolute Gasteiger partial charge is 0.484 e. The van der Waals surface area contributed by atoms with Gasteiger partial charge in [-0.1, -0.05) is 25.8 Å². The fraction of sp³-hybridized carbons (Fsp3) is 0.429. The number of nitro benzene ring substituents is 1. The number of hydrogen-bond acceptors (Lipinski definition) is 5. The molecule has 0 heterocycles. The maximum Gasteiger partial charge on any atom is 0.326 e. The van der Waals surface area contributed by atoms with Crippen LogP contribution in [-0.2, 0) is 9.59 Å². The lowest BCUT2D eigenvalue weighted by Gasteiger charge is -2.14. The van der Waals surface area contributed by atoms with Gasteiger partial charge in [-0.2, -0.15) is 0 Å². The van der Waals surface area contributed by atoms with Gasteiger partial charge in [-0.3, -0.25) is 14.9 Å². The lowest BCUT2D eigenvalue weighted by Crippen LogP contribution is -2.42. The Morgan fingerprint density at radius 3 is 2.77 bits per heavy atom. The zero-order valence-corrected chi connectivity index (χ0v) is 12.2. The molecule has 8 nitrogen and oxygen atoms in total. The number of amides is 1. The summed E-state index contributed by atoms with van der Waals surface area (Å²) in [5, 5.41) is 22.0. The number of carboxylic acids is 1. The molecule has 0 bridgehead atoms. The van der Waals surface area contributed by atoms with Crippen molar-refractivity contribution in [2.24, 2.45) is 0 Å². The zero-order chi connectivity index (χ0) is 16.5. The molecule has 0 saturated heterocycles. The van der Waals surface area contributed by atoms with Crippen molar-refractivity contribution >= 4 is 17.6 Å². The van der Waals surface area contributed by atoms with Crippen molar-refractivity contribution in [2.45, 2.75) is 32.2 Å². The van der Waals surface area contributed by atoms with Gasteiger partial charge in [0, 0.05) is 6.07 Å². The number of hydrogen-bond donors (Lipinski definition) is 2. The molecule has 0 unspecified atom stereocenters. The van der Waals surface area contributed by atoms with E-state index in [-0.39, 0.29) is 11.4 Å². The number of carbonyl (C=O) groups excluding carboxylic acids is 1. The normalized spacial score (nSPS) is 11.5. The number of non-ortho nitro benzene ring substituents is 1. The van der Waals surface area contributed by atoms with Crippen molar-refractivity contribution < 1.29 is 24.4 Å². The first-order valence-corrected chi connectivity index (χ1v) is 6.83. The van der Waals surface area contributed by atoms with Crippen molar-refractivity contribution in [3.05, 3.63) is 34.4 Å². The molecule has 1 aromatic rings. The van der Waals surface area contributed by atoms with E-state index in [1.54, 1.807) is 0 Å². The average molecular weight is 310 g/mol. The van der Waals surface area contributed by atoms with Gasteiger partial charge in [0.15, 0.2) is 6.61 Å². The molecule has 22 heavy (non-hydrogen) atoms. The van der Waals surface area contributed by atoms with Crippen molar-refractivity contribution in [2.75, 3.05) is 6.61 Å². The third-order valence-corrected chi connectivity index (χ3v) is 2.88. The molecule has 0 aliphatic carbocycles. The Morgan fingerprint density at radius 1 is 1.45 bits per heavy atom. The first kappa shape index (κ1) is 17.4. The maximum absolute atomic E-state index is 11.7. The lowest BCUT2D eigenvalue weighted by atomic mass is 10.1. The van der Waals surface area contributed by atoms with E-state index in [4.69, 9.17) is 9.84 Å². The highest BCUT2D eigenvalue weighted by Crippen LogP contribution is 2.18. The van der Waals surface area contributed by atoms with Gasteiger partial charge in [0.1, 0.15) is 11.8 Å². The van der Waals surface area contributed by atoms with Crippen LogP contribution < -0.4 is 10.1 Å². The number of unbranched alkanes of at least 4 members (excludes halogenated alkanes) is 1. The quantitative estimate of drug-likeness (QED) is 0.529. The number of nitro groups is 1. The van der Waals surface area contributed by atoms with Crippen LogP contribution in [0.25, 0.3) is 0 Å². The summed E-state index contributed by atoms with van der Waals surface area (Å²) in [6.45, 7) is 1.52. The molecule has 1 rings (SSSR count). The summed E-state index contributed by atoms with van der Waals surface area (Å²) in [7, 11) is 0. The van der Waals surface area contributed by atoms with Gasteiger partial charge in [-0.05, 0) is 12.5 Å². The fourth-order valence-electron chi connectivity index (χ4n) is 1.74. The minimum absolute atomic E-state index is 0.149. The summed E-state index contributed by atoms with van der Waals surface area (Å²) in [5.74, 6) is -1.52. The molecule has 0 spiro atoms. The van der Waals surface area contributed by atoms with Gasteiger partial charge in [0.05, 0.1) is 11.0 Å². The van der Waals surface area contributed by atoms with E-state index < -0.39 is 29.4 Å². The number of carboxylic acid groups (broad SMARTS) is 1. The van der Waals surface area contributed by atoms with E-state index in [9.17, 15) is 19.7 Å². The zero-order valence-electron chi connectivity index (χ0n) is 12.2. The Labute approximate surface area is 127 Å². The van der Waals surface area contributed by atoms with Crippen LogP contribution in [0.1, 0.15) is 26.2 Å². The van der Waals surface area contributed by atoms with Gasteiger partial charge in [0.25, 0.3) is 11.6 Å². The van der Waals surface area contributed by atoms with Gasteiger partial charge in [-0.15, -0.1) is 0 Å². The van der Waals surface area contributed by atoms with E-state index in [1.807, 2.05) is 6.92 Å². The standard InChI is InChI=1S/C14H18N2O6/c1-2-3-7-12(14(18)19)15-13(17)9-22-11-6-4-5-10(8-11)16(20)21/h4-6,8,12H,2-3,7,9H2,1H3,(H,15,17)(H,18,19)/t12-/m0/s1. The molecule has 0 fully saturated rings. The minimum Gasteiger partial charge on any atom is -0.484 e. The van der Waals surface area contributed by atoms with Crippen LogP contribution in [0.2, 0.25) is 0 Å². The molecule has 8 heteroatoms. The Bertz CT molecular complexity index is 546. The van der Waals surface area contributed by atoms with Gasteiger partial charge < -0.3 is 15.2 Å². The third kappa shape index (κ3) is 5.78. The van der Waals surface area contributed by atoms with E-state index in [2.05, 4.69) is 5.32 Å². The lowest BCUT2D eigenvalue weighted by molar-refractivity contribution is -0.384. The number of nitrogens with zero attached hydrogens (tertiary/aromatic N) is 1. The first-order chi connectivity index (χ1) is 10.4. The van der Waals surface area contributed by atoms with Gasteiger partial charge in [-0.25, -0.2) is 4.79 Å². The van der Waals surface area contributed by atoms with Crippen LogP contribution in [0.15, 0.2) is 24.3 Å². The summed E-state index contributed by atoms with van der Waals surface area (Å²) in [4.78, 5) is 32.7. The second-order valence-corrected chi connectivity index (χ2v) is 4.64. The van der Waals surface area contributed by atoms with Crippen molar-refractivity contribution in [1.82, 2.24) is 5.32 Å². The molecule has 0 aliphatic heterocycles. The molecule has 0 saturated carbocycles. The van der Waals surface area contributed by atoms with Crippen molar-refractivity contribution in [1.29, 1.82) is 0 Å².